The highest BCUT2D eigenvalue weighted by molar-refractivity contribution is 7.80. The van der Waals surface area contributed by atoms with Crippen LogP contribution in [0.5, 0.6) is 0 Å². The lowest BCUT2D eigenvalue weighted by Gasteiger charge is -2.06. The number of carbonyl (C=O) groups excluding carboxylic acids is 1. The summed E-state index contributed by atoms with van der Waals surface area (Å²) in [5.41, 5.74) is 0. The zero-order valence-electron chi connectivity index (χ0n) is 9.96. The third kappa shape index (κ3) is 4.94. The Balaban J connectivity index is 1.74. The average molecular weight is 308 g/mol. The Morgan fingerprint density at radius 2 is 2.05 bits per heavy atom. The first-order chi connectivity index (χ1) is 9.24. The van der Waals surface area contributed by atoms with Crippen LogP contribution in [-0.2, 0) is 11.3 Å². The van der Waals surface area contributed by atoms with Crippen LogP contribution in [0.25, 0.3) is 6.08 Å². The van der Waals surface area contributed by atoms with Gasteiger partial charge in [-0.2, -0.15) is 0 Å². The van der Waals surface area contributed by atoms with E-state index in [0.29, 0.717) is 11.7 Å². The van der Waals surface area contributed by atoms with Crippen LogP contribution in [0.1, 0.15) is 9.75 Å². The van der Waals surface area contributed by atoms with Crippen molar-refractivity contribution in [1.82, 2.24) is 10.6 Å². The van der Waals surface area contributed by atoms with E-state index in [1.165, 1.54) is 11.0 Å². The predicted octanol–water partition coefficient (Wildman–Crippen LogP) is 3.01. The molecule has 0 aliphatic rings. The molecule has 0 aliphatic carbocycles. The second-order valence-corrected chi connectivity index (χ2v) is 6.02. The maximum absolute atomic E-state index is 11.6. The van der Waals surface area contributed by atoms with Gasteiger partial charge >= 0.3 is 0 Å². The summed E-state index contributed by atoms with van der Waals surface area (Å²) < 4.78 is 0. The molecule has 0 saturated carbocycles. The minimum atomic E-state index is -0.225. The van der Waals surface area contributed by atoms with E-state index >= 15 is 0 Å². The molecule has 0 radical (unpaired) electrons. The fourth-order valence-electron chi connectivity index (χ4n) is 1.32. The van der Waals surface area contributed by atoms with Crippen LogP contribution in [0.3, 0.4) is 0 Å². The van der Waals surface area contributed by atoms with E-state index in [0.717, 1.165) is 4.88 Å². The molecule has 0 fully saturated rings. The molecule has 2 N–H and O–H groups in total. The topological polar surface area (TPSA) is 41.1 Å². The molecule has 0 saturated heterocycles. The van der Waals surface area contributed by atoms with E-state index in [1.54, 1.807) is 28.7 Å². The van der Waals surface area contributed by atoms with Crippen LogP contribution in [-0.4, -0.2) is 11.0 Å². The molecule has 98 valence electrons. The van der Waals surface area contributed by atoms with E-state index in [2.05, 4.69) is 10.6 Å². The van der Waals surface area contributed by atoms with Crippen LogP contribution in [0.4, 0.5) is 0 Å². The normalized spacial score (nSPS) is 10.5. The van der Waals surface area contributed by atoms with Crippen LogP contribution in [0.15, 0.2) is 41.1 Å². The van der Waals surface area contributed by atoms with Gasteiger partial charge in [-0.05, 0) is 41.2 Å². The lowest BCUT2D eigenvalue weighted by Crippen LogP contribution is -2.37. The molecule has 3 nitrogen and oxygen atoms in total. The van der Waals surface area contributed by atoms with Gasteiger partial charge in [0, 0.05) is 15.8 Å². The van der Waals surface area contributed by atoms with Crippen molar-refractivity contribution in [3.63, 3.8) is 0 Å². The molecule has 2 rings (SSSR count). The highest BCUT2D eigenvalue weighted by Crippen LogP contribution is 2.09. The van der Waals surface area contributed by atoms with Crippen molar-refractivity contribution in [1.29, 1.82) is 0 Å². The number of hydrogen-bond acceptors (Lipinski definition) is 4. The number of nitrogens with one attached hydrogen (secondary N) is 2. The quantitative estimate of drug-likeness (QED) is 0.674. The Morgan fingerprint density at radius 3 is 2.74 bits per heavy atom. The summed E-state index contributed by atoms with van der Waals surface area (Å²) >= 11 is 8.27. The van der Waals surface area contributed by atoms with Gasteiger partial charge in [-0.15, -0.1) is 22.7 Å². The number of hydrogen-bond donors (Lipinski definition) is 2. The SMILES string of the molecule is O=C(/C=C/c1cccs1)NC(=S)NCc1cccs1. The Kier molecular flexibility index (Phi) is 5.26. The summed E-state index contributed by atoms with van der Waals surface area (Å²) in [6, 6.07) is 7.88. The molecule has 6 heteroatoms. The zero-order chi connectivity index (χ0) is 13.5. The van der Waals surface area contributed by atoms with Gasteiger partial charge in [0.25, 0.3) is 0 Å². The molecular weight excluding hydrogens is 296 g/mol. The van der Waals surface area contributed by atoms with Crippen molar-refractivity contribution >= 4 is 52.0 Å². The first-order valence-corrected chi connectivity index (χ1v) is 7.73. The molecule has 1 amide bonds. The molecule has 0 aromatic carbocycles. The molecule has 0 spiro atoms. The minimum Gasteiger partial charge on any atom is -0.357 e. The molecule has 19 heavy (non-hydrogen) atoms. The Morgan fingerprint density at radius 1 is 1.26 bits per heavy atom. The van der Waals surface area contributed by atoms with Gasteiger partial charge in [0.15, 0.2) is 5.11 Å². The van der Waals surface area contributed by atoms with E-state index in [-0.39, 0.29) is 5.91 Å². The van der Waals surface area contributed by atoms with E-state index in [1.807, 2.05) is 35.0 Å². The van der Waals surface area contributed by atoms with Crippen LogP contribution in [0.2, 0.25) is 0 Å². The fraction of sp³-hybridized carbons (Fsp3) is 0.0769. The molecular formula is C13H12N2OS3. The highest BCUT2D eigenvalue weighted by atomic mass is 32.1. The second kappa shape index (κ2) is 7.18. The van der Waals surface area contributed by atoms with Crippen molar-refractivity contribution < 1.29 is 4.79 Å². The summed E-state index contributed by atoms with van der Waals surface area (Å²) in [6.07, 6.45) is 3.24. The van der Waals surface area contributed by atoms with Crippen molar-refractivity contribution in [2.45, 2.75) is 6.54 Å². The zero-order valence-corrected chi connectivity index (χ0v) is 12.4. The molecule has 0 atom stereocenters. The number of amides is 1. The second-order valence-electron chi connectivity index (χ2n) is 3.60. The summed E-state index contributed by atoms with van der Waals surface area (Å²) in [7, 11) is 0. The highest BCUT2D eigenvalue weighted by Gasteiger charge is 2.01. The van der Waals surface area contributed by atoms with Gasteiger partial charge in [0.2, 0.25) is 5.91 Å². The van der Waals surface area contributed by atoms with Crippen molar-refractivity contribution in [3.05, 3.63) is 50.9 Å². The molecule has 2 aromatic rings. The summed E-state index contributed by atoms with van der Waals surface area (Å²) in [5, 5.41) is 9.90. The van der Waals surface area contributed by atoms with Gasteiger partial charge in [0.1, 0.15) is 0 Å². The number of thiophene rings is 2. The standard InChI is InChI=1S/C13H12N2OS3/c16-12(6-5-10-3-1-7-18-10)15-13(17)14-9-11-4-2-8-19-11/h1-8H,9H2,(H2,14,15,16,17)/b6-5+. The fourth-order valence-corrected chi connectivity index (χ4v) is 2.76. The van der Waals surface area contributed by atoms with Crippen LogP contribution < -0.4 is 10.6 Å². The third-order valence-electron chi connectivity index (χ3n) is 2.18. The maximum atomic E-state index is 11.6. The van der Waals surface area contributed by atoms with Gasteiger partial charge in [-0.1, -0.05) is 12.1 Å². The Labute approximate surface area is 125 Å². The number of thiocarbonyl (C=S) groups is 1. The van der Waals surface area contributed by atoms with Crippen LogP contribution in [0, 0.1) is 0 Å². The summed E-state index contributed by atoms with van der Waals surface area (Å²) in [5.74, 6) is -0.225. The minimum absolute atomic E-state index is 0.225. The Hall–Kier alpha value is -1.50. The third-order valence-corrected chi connectivity index (χ3v) is 4.14. The monoisotopic (exact) mass is 308 g/mol. The summed E-state index contributed by atoms with van der Waals surface area (Å²) in [4.78, 5) is 13.8. The molecule has 0 aliphatic heterocycles. The lowest BCUT2D eigenvalue weighted by molar-refractivity contribution is -0.115. The maximum Gasteiger partial charge on any atom is 0.250 e. The van der Waals surface area contributed by atoms with Gasteiger partial charge in [0.05, 0.1) is 6.54 Å². The average Bonchev–Trinajstić information content (AvgIpc) is 3.07. The molecule has 0 unspecified atom stereocenters. The molecule has 2 heterocycles. The van der Waals surface area contributed by atoms with Crippen LogP contribution >= 0.6 is 34.9 Å². The molecule has 0 bridgehead atoms. The van der Waals surface area contributed by atoms with Gasteiger partial charge in [-0.25, -0.2) is 0 Å². The first kappa shape index (κ1) is 13.9. The van der Waals surface area contributed by atoms with Gasteiger partial charge in [-0.3, -0.25) is 10.1 Å². The smallest absolute Gasteiger partial charge is 0.250 e. The van der Waals surface area contributed by atoms with Gasteiger partial charge < -0.3 is 5.32 Å². The predicted molar refractivity (Wildman–Crippen MR) is 85.3 cm³/mol. The first-order valence-electron chi connectivity index (χ1n) is 5.57. The van der Waals surface area contributed by atoms with Crippen molar-refractivity contribution in [3.8, 4) is 0 Å². The van der Waals surface area contributed by atoms with Crippen molar-refractivity contribution in [2.75, 3.05) is 0 Å². The number of carbonyl (C=O) groups is 1. The largest absolute Gasteiger partial charge is 0.357 e. The number of rotatable bonds is 4. The van der Waals surface area contributed by atoms with E-state index in [9.17, 15) is 4.79 Å². The summed E-state index contributed by atoms with van der Waals surface area (Å²) in [6.45, 7) is 0.630. The van der Waals surface area contributed by atoms with Crippen molar-refractivity contribution in [2.24, 2.45) is 0 Å². The Bertz CT molecular complexity index is 559. The van der Waals surface area contributed by atoms with E-state index < -0.39 is 0 Å². The van der Waals surface area contributed by atoms with E-state index in [4.69, 9.17) is 12.2 Å². The lowest BCUT2D eigenvalue weighted by atomic mass is 10.4. The molecule has 2 aromatic heterocycles.